The molecule has 6 nitrogen and oxygen atoms in total. The van der Waals surface area contributed by atoms with Gasteiger partial charge in [0, 0.05) is 17.3 Å². The predicted octanol–water partition coefficient (Wildman–Crippen LogP) is 3.40. The first kappa shape index (κ1) is 21.0. The molecule has 1 aromatic rings. The van der Waals surface area contributed by atoms with E-state index in [1.165, 1.54) is 0 Å². The zero-order valence-electron chi connectivity index (χ0n) is 16.6. The fourth-order valence-corrected chi connectivity index (χ4v) is 3.46. The number of hydrogen-bond acceptors (Lipinski definition) is 5. The molecule has 0 fully saturated rings. The number of allylic oxidation sites excluding steroid dienone is 1. The molecule has 1 unspecified atom stereocenters. The van der Waals surface area contributed by atoms with Crippen molar-refractivity contribution in [1.29, 1.82) is 0 Å². The van der Waals surface area contributed by atoms with E-state index in [-0.39, 0.29) is 5.97 Å². The highest BCUT2D eigenvalue weighted by Gasteiger charge is 2.33. The number of rotatable bonds is 8. The number of benzene rings is 1. The van der Waals surface area contributed by atoms with Crippen LogP contribution in [0.3, 0.4) is 0 Å². The summed E-state index contributed by atoms with van der Waals surface area (Å²) < 4.78 is 16.7. The van der Waals surface area contributed by atoms with Crippen LogP contribution >= 0.6 is 12.2 Å². The molecule has 0 radical (unpaired) electrons. The van der Waals surface area contributed by atoms with Gasteiger partial charge < -0.3 is 24.8 Å². The highest BCUT2D eigenvalue weighted by atomic mass is 32.1. The van der Waals surface area contributed by atoms with E-state index >= 15 is 0 Å². The molecule has 0 saturated carbocycles. The van der Waals surface area contributed by atoms with Crippen molar-refractivity contribution in [3.8, 4) is 11.5 Å². The molecule has 0 bridgehead atoms. The number of nitrogens with one attached hydrogen (secondary N) is 2. The van der Waals surface area contributed by atoms with E-state index in [2.05, 4.69) is 17.6 Å². The van der Waals surface area contributed by atoms with Crippen molar-refractivity contribution in [1.82, 2.24) is 10.6 Å². The van der Waals surface area contributed by atoms with Gasteiger partial charge in [0.25, 0.3) is 0 Å². The van der Waals surface area contributed by atoms with Crippen molar-refractivity contribution < 1.29 is 19.0 Å². The summed E-state index contributed by atoms with van der Waals surface area (Å²) in [5.74, 6) is 1.06. The molecule has 1 aromatic carbocycles. The zero-order valence-corrected chi connectivity index (χ0v) is 17.4. The Kier molecular flexibility index (Phi) is 7.47. The highest BCUT2D eigenvalue weighted by molar-refractivity contribution is 7.80. The summed E-state index contributed by atoms with van der Waals surface area (Å²) in [4.78, 5) is 12.6. The summed E-state index contributed by atoms with van der Waals surface area (Å²) in [5, 5.41) is 6.66. The monoisotopic (exact) mass is 392 g/mol. The minimum absolute atomic E-state index is 0.300. The lowest BCUT2D eigenvalue weighted by Gasteiger charge is -2.31. The molecular weight excluding hydrogens is 364 g/mol. The number of aryl methyl sites for hydroxylation is 1. The van der Waals surface area contributed by atoms with E-state index in [4.69, 9.17) is 26.4 Å². The maximum absolute atomic E-state index is 12.6. The number of carbonyl (C=O) groups is 1. The molecule has 1 aliphatic heterocycles. The molecule has 0 spiro atoms. The summed E-state index contributed by atoms with van der Waals surface area (Å²) >= 11 is 5.32. The third kappa shape index (κ3) is 4.71. The van der Waals surface area contributed by atoms with Crippen LogP contribution in [0.2, 0.25) is 0 Å². The summed E-state index contributed by atoms with van der Waals surface area (Å²) in [7, 11) is 1.61. The average molecular weight is 393 g/mol. The number of esters is 1. The Labute approximate surface area is 166 Å². The summed E-state index contributed by atoms with van der Waals surface area (Å²) in [6, 6.07) is 3.46. The molecule has 0 aliphatic carbocycles. The molecule has 148 valence electrons. The standard InChI is InChI=1S/C20H28N2O4S/c1-6-9-13-10-14(16(24-5)11-15(13)25-7-2)18-17(19(23)26-8-3)12(4)21-20(27)22-18/h10-11,18H,6-9H2,1-5H3,(H2,21,22,27). The molecule has 27 heavy (non-hydrogen) atoms. The van der Waals surface area contributed by atoms with Crippen molar-refractivity contribution in [3.63, 3.8) is 0 Å². The quantitative estimate of drug-likeness (QED) is 0.519. The van der Waals surface area contributed by atoms with Crippen molar-refractivity contribution >= 4 is 23.3 Å². The Bertz CT molecular complexity index is 746. The first-order chi connectivity index (χ1) is 13.0. The summed E-state index contributed by atoms with van der Waals surface area (Å²) in [6.07, 6.45) is 1.84. The van der Waals surface area contributed by atoms with Crippen molar-refractivity contribution in [2.24, 2.45) is 0 Å². The molecule has 0 amide bonds. The SMILES string of the molecule is CCCc1cc(C2NC(=S)NC(C)=C2C(=O)OCC)c(OC)cc1OCC. The van der Waals surface area contributed by atoms with Gasteiger partial charge in [0.2, 0.25) is 0 Å². The van der Waals surface area contributed by atoms with Gasteiger partial charge in [-0.05, 0) is 51.0 Å². The Hall–Kier alpha value is -2.28. The van der Waals surface area contributed by atoms with E-state index in [9.17, 15) is 4.79 Å². The van der Waals surface area contributed by atoms with Crippen LogP contribution in [-0.4, -0.2) is 31.4 Å². The maximum Gasteiger partial charge on any atom is 0.338 e. The van der Waals surface area contributed by atoms with Crippen LogP contribution in [0.5, 0.6) is 11.5 Å². The molecule has 0 saturated heterocycles. The Morgan fingerprint density at radius 1 is 1.19 bits per heavy atom. The Morgan fingerprint density at radius 3 is 2.52 bits per heavy atom. The Morgan fingerprint density at radius 2 is 1.93 bits per heavy atom. The fourth-order valence-electron chi connectivity index (χ4n) is 3.19. The second kappa shape index (κ2) is 9.60. The largest absolute Gasteiger partial charge is 0.496 e. The van der Waals surface area contributed by atoms with Crippen LogP contribution in [0.15, 0.2) is 23.4 Å². The maximum atomic E-state index is 12.6. The topological polar surface area (TPSA) is 68.8 Å². The van der Waals surface area contributed by atoms with Crippen LogP contribution < -0.4 is 20.1 Å². The van der Waals surface area contributed by atoms with Gasteiger partial charge in [-0.2, -0.15) is 0 Å². The number of methoxy groups -OCH3 is 1. The molecule has 7 heteroatoms. The Balaban J connectivity index is 2.61. The van der Waals surface area contributed by atoms with E-state index in [1.54, 1.807) is 14.0 Å². The number of hydrogen-bond donors (Lipinski definition) is 2. The van der Waals surface area contributed by atoms with Crippen LogP contribution in [0.25, 0.3) is 0 Å². The fraction of sp³-hybridized carbons (Fsp3) is 0.500. The molecule has 1 aliphatic rings. The first-order valence-electron chi connectivity index (χ1n) is 9.25. The van der Waals surface area contributed by atoms with Crippen LogP contribution in [-0.2, 0) is 16.0 Å². The van der Waals surface area contributed by atoms with Gasteiger partial charge in [-0.3, -0.25) is 0 Å². The van der Waals surface area contributed by atoms with Gasteiger partial charge in [0.05, 0.1) is 31.9 Å². The molecule has 2 N–H and O–H groups in total. The minimum Gasteiger partial charge on any atom is -0.496 e. The number of carbonyl (C=O) groups excluding carboxylic acids is 1. The lowest BCUT2D eigenvalue weighted by molar-refractivity contribution is -0.139. The van der Waals surface area contributed by atoms with Gasteiger partial charge in [0.1, 0.15) is 11.5 Å². The van der Waals surface area contributed by atoms with Crippen molar-refractivity contribution in [2.45, 2.75) is 46.6 Å². The summed E-state index contributed by atoms with van der Waals surface area (Å²) in [5.41, 5.74) is 3.07. The highest BCUT2D eigenvalue weighted by Crippen LogP contribution is 2.38. The third-order valence-corrected chi connectivity index (χ3v) is 4.53. The predicted molar refractivity (Wildman–Crippen MR) is 109 cm³/mol. The van der Waals surface area contributed by atoms with Gasteiger partial charge in [-0.15, -0.1) is 0 Å². The smallest absolute Gasteiger partial charge is 0.338 e. The molecule has 1 atom stereocenters. The van der Waals surface area contributed by atoms with E-state index in [0.29, 0.717) is 35.3 Å². The van der Waals surface area contributed by atoms with Crippen LogP contribution in [0.4, 0.5) is 0 Å². The second-order valence-electron chi connectivity index (χ2n) is 6.18. The first-order valence-corrected chi connectivity index (χ1v) is 9.66. The van der Waals surface area contributed by atoms with Gasteiger partial charge in [-0.1, -0.05) is 13.3 Å². The molecule has 2 rings (SSSR count). The molecule has 1 heterocycles. The molecular formula is C20H28N2O4S. The van der Waals surface area contributed by atoms with Crippen LogP contribution in [0.1, 0.15) is 51.3 Å². The lowest BCUT2D eigenvalue weighted by Crippen LogP contribution is -2.45. The van der Waals surface area contributed by atoms with Gasteiger partial charge >= 0.3 is 5.97 Å². The van der Waals surface area contributed by atoms with Crippen molar-refractivity contribution in [3.05, 3.63) is 34.5 Å². The van der Waals surface area contributed by atoms with Crippen LogP contribution in [0, 0.1) is 0 Å². The summed E-state index contributed by atoms with van der Waals surface area (Å²) in [6.45, 7) is 8.55. The van der Waals surface area contributed by atoms with Gasteiger partial charge in [-0.25, -0.2) is 4.79 Å². The number of thiocarbonyl (C=S) groups is 1. The van der Waals surface area contributed by atoms with Crippen molar-refractivity contribution in [2.75, 3.05) is 20.3 Å². The zero-order chi connectivity index (χ0) is 20.0. The minimum atomic E-state index is -0.459. The third-order valence-electron chi connectivity index (χ3n) is 4.31. The number of ether oxygens (including phenoxy) is 3. The van der Waals surface area contributed by atoms with E-state index in [1.807, 2.05) is 26.0 Å². The second-order valence-corrected chi connectivity index (χ2v) is 6.58. The lowest BCUT2D eigenvalue weighted by atomic mass is 9.92. The average Bonchev–Trinajstić information content (AvgIpc) is 2.62. The van der Waals surface area contributed by atoms with E-state index in [0.717, 1.165) is 29.7 Å². The normalized spacial score (nSPS) is 16.5. The van der Waals surface area contributed by atoms with E-state index < -0.39 is 6.04 Å². The molecule has 0 aromatic heterocycles. The van der Waals surface area contributed by atoms with Gasteiger partial charge in [0.15, 0.2) is 5.11 Å².